The van der Waals surface area contributed by atoms with Crippen molar-refractivity contribution in [1.82, 2.24) is 15.8 Å². The first kappa shape index (κ1) is 11.8. The number of nitrogens with zero attached hydrogens (tertiary/aromatic N) is 1. The molecule has 0 saturated carbocycles. The smallest absolute Gasteiger partial charge is 0.0880 e. The first-order valence-electron chi connectivity index (χ1n) is 4.59. The van der Waals surface area contributed by atoms with E-state index in [1.807, 2.05) is 20.8 Å². The minimum Gasteiger partial charge on any atom is -0.298 e. The van der Waals surface area contributed by atoms with Crippen LogP contribution in [0.4, 0.5) is 4.48 Å². The summed E-state index contributed by atoms with van der Waals surface area (Å²) in [5.41, 5.74) is 0. The zero-order chi connectivity index (χ0) is 9.56. The summed E-state index contributed by atoms with van der Waals surface area (Å²) < 4.78 is 12.7. The van der Waals surface area contributed by atoms with Crippen molar-refractivity contribution in [3.8, 4) is 0 Å². The number of nitrogens with one attached hydrogen (secondary N) is 2. The van der Waals surface area contributed by atoms with Gasteiger partial charge in [-0.05, 0) is 13.8 Å². The molecule has 74 valence electrons. The Kier molecular flexibility index (Phi) is 6.24. The molecule has 2 atom stereocenters. The molecule has 1 aliphatic rings. The second kappa shape index (κ2) is 6.34. The summed E-state index contributed by atoms with van der Waals surface area (Å²) in [6, 6.07) is 0.350. The molecule has 12 heavy (non-hydrogen) atoms. The first-order valence-corrected chi connectivity index (χ1v) is 4.59. The van der Waals surface area contributed by atoms with Gasteiger partial charge in [-0.3, -0.25) is 10.6 Å². The molecule has 0 amide bonds. The fourth-order valence-electron chi connectivity index (χ4n) is 0.899. The van der Waals surface area contributed by atoms with E-state index in [1.165, 1.54) is 0 Å². The lowest BCUT2D eigenvalue weighted by Crippen LogP contribution is -2.37. The number of halogens is 1. The third-order valence-corrected chi connectivity index (χ3v) is 1.73. The highest BCUT2D eigenvalue weighted by molar-refractivity contribution is 4.70. The van der Waals surface area contributed by atoms with Gasteiger partial charge in [0.2, 0.25) is 0 Å². The maximum absolute atomic E-state index is 12.7. The molecule has 1 aliphatic heterocycles. The van der Waals surface area contributed by atoms with E-state index in [0.717, 1.165) is 11.7 Å². The summed E-state index contributed by atoms with van der Waals surface area (Å²) in [6.07, 6.45) is -0.169. The highest BCUT2D eigenvalue weighted by atomic mass is 19.2. The molecule has 0 aromatic carbocycles. The van der Waals surface area contributed by atoms with Gasteiger partial charge in [0, 0.05) is 12.6 Å². The molecule has 0 aromatic heterocycles. The standard InChI is InChI=1S/C6H14FN3.C2H6/c1-5-3-8-6(2)10(7)4-9-5;1-2/h5-6,8-9H,3-4H2,1-2H3;1-2H3. The number of hydrogen-bond donors (Lipinski definition) is 2. The molecule has 1 heterocycles. The molecule has 2 N–H and O–H groups in total. The third kappa shape index (κ3) is 3.99. The van der Waals surface area contributed by atoms with Gasteiger partial charge in [0.1, 0.15) is 0 Å². The van der Waals surface area contributed by atoms with Crippen molar-refractivity contribution in [3.63, 3.8) is 0 Å². The van der Waals surface area contributed by atoms with E-state index >= 15 is 0 Å². The second-order valence-corrected chi connectivity index (χ2v) is 2.75. The number of rotatable bonds is 0. The second-order valence-electron chi connectivity index (χ2n) is 2.75. The van der Waals surface area contributed by atoms with E-state index in [1.54, 1.807) is 6.92 Å². The Labute approximate surface area is 74.3 Å². The SMILES string of the molecule is CC.CC1CNC(C)N(F)CN1. The largest absolute Gasteiger partial charge is 0.298 e. The monoisotopic (exact) mass is 177 g/mol. The van der Waals surface area contributed by atoms with E-state index < -0.39 is 0 Å². The molecule has 1 saturated heterocycles. The lowest BCUT2D eigenvalue weighted by Gasteiger charge is -2.15. The molecular formula is C8H20FN3. The zero-order valence-electron chi connectivity index (χ0n) is 8.39. The minimum atomic E-state index is -0.169. The fraction of sp³-hybridized carbons (Fsp3) is 1.00. The van der Waals surface area contributed by atoms with Crippen LogP contribution in [0.1, 0.15) is 27.7 Å². The molecule has 0 aromatic rings. The summed E-state index contributed by atoms with van der Waals surface area (Å²) in [5, 5.41) is 6.80. The van der Waals surface area contributed by atoms with Gasteiger partial charge in [-0.25, -0.2) is 0 Å². The quantitative estimate of drug-likeness (QED) is 0.542. The van der Waals surface area contributed by atoms with Gasteiger partial charge in [0.15, 0.2) is 0 Å². The summed E-state index contributed by atoms with van der Waals surface area (Å²) in [5.74, 6) is 0. The molecule has 4 heteroatoms. The van der Waals surface area contributed by atoms with Crippen molar-refractivity contribution in [1.29, 1.82) is 0 Å². The molecule has 0 spiro atoms. The highest BCUT2D eigenvalue weighted by Crippen LogP contribution is 1.98. The predicted molar refractivity (Wildman–Crippen MR) is 49.2 cm³/mol. The molecule has 0 aliphatic carbocycles. The summed E-state index contributed by atoms with van der Waals surface area (Å²) >= 11 is 0. The normalized spacial score (nSPS) is 31.8. The Morgan fingerprint density at radius 2 is 1.83 bits per heavy atom. The van der Waals surface area contributed by atoms with Crippen LogP contribution in [0.2, 0.25) is 0 Å². The molecule has 0 radical (unpaired) electrons. The Morgan fingerprint density at radius 1 is 1.25 bits per heavy atom. The van der Waals surface area contributed by atoms with Crippen molar-refractivity contribution in [2.75, 3.05) is 13.2 Å². The van der Waals surface area contributed by atoms with Crippen LogP contribution >= 0.6 is 0 Å². The topological polar surface area (TPSA) is 27.3 Å². The first-order chi connectivity index (χ1) is 5.70. The van der Waals surface area contributed by atoms with Crippen molar-refractivity contribution in [2.45, 2.75) is 39.9 Å². The van der Waals surface area contributed by atoms with Crippen LogP contribution in [0.25, 0.3) is 0 Å². The van der Waals surface area contributed by atoms with Crippen molar-refractivity contribution >= 4 is 0 Å². The Hall–Kier alpha value is -0.190. The molecule has 0 bridgehead atoms. The van der Waals surface area contributed by atoms with Crippen LogP contribution in [0.5, 0.6) is 0 Å². The van der Waals surface area contributed by atoms with E-state index in [9.17, 15) is 4.48 Å². The van der Waals surface area contributed by atoms with E-state index in [4.69, 9.17) is 0 Å². The van der Waals surface area contributed by atoms with Gasteiger partial charge >= 0.3 is 0 Å². The lowest BCUT2D eigenvalue weighted by molar-refractivity contribution is -0.0263. The number of hydrogen-bond acceptors (Lipinski definition) is 3. The Balaban J connectivity index is 0.000000561. The molecular weight excluding hydrogens is 157 g/mol. The van der Waals surface area contributed by atoms with Crippen molar-refractivity contribution < 1.29 is 4.48 Å². The molecule has 2 unspecified atom stereocenters. The summed E-state index contributed by atoms with van der Waals surface area (Å²) in [4.78, 5) is 0. The van der Waals surface area contributed by atoms with Crippen LogP contribution in [0.3, 0.4) is 0 Å². The van der Waals surface area contributed by atoms with Crippen molar-refractivity contribution in [3.05, 3.63) is 0 Å². The summed E-state index contributed by atoms with van der Waals surface area (Å²) in [6.45, 7) is 8.97. The average molecular weight is 177 g/mol. The predicted octanol–water partition coefficient (Wildman–Crippen LogP) is 1.08. The van der Waals surface area contributed by atoms with E-state index in [-0.39, 0.29) is 6.17 Å². The fourth-order valence-corrected chi connectivity index (χ4v) is 0.899. The van der Waals surface area contributed by atoms with Gasteiger partial charge in [-0.1, -0.05) is 13.8 Å². The van der Waals surface area contributed by atoms with Gasteiger partial charge in [0.25, 0.3) is 0 Å². The maximum Gasteiger partial charge on any atom is 0.0880 e. The zero-order valence-corrected chi connectivity index (χ0v) is 8.39. The average Bonchev–Trinajstić information content (AvgIpc) is 2.24. The minimum absolute atomic E-state index is 0.169. The van der Waals surface area contributed by atoms with Gasteiger partial charge < -0.3 is 0 Å². The molecule has 1 rings (SSSR count). The maximum atomic E-state index is 12.7. The summed E-state index contributed by atoms with van der Waals surface area (Å²) in [7, 11) is 0. The van der Waals surface area contributed by atoms with Crippen LogP contribution in [-0.4, -0.2) is 30.5 Å². The van der Waals surface area contributed by atoms with Gasteiger partial charge in [-0.15, -0.1) is 9.60 Å². The molecule has 3 nitrogen and oxygen atoms in total. The Bertz CT molecular complexity index is 98.5. The van der Waals surface area contributed by atoms with Crippen LogP contribution < -0.4 is 10.6 Å². The van der Waals surface area contributed by atoms with Crippen LogP contribution in [-0.2, 0) is 0 Å². The van der Waals surface area contributed by atoms with E-state index in [0.29, 0.717) is 12.7 Å². The van der Waals surface area contributed by atoms with Crippen LogP contribution in [0.15, 0.2) is 0 Å². The van der Waals surface area contributed by atoms with E-state index in [2.05, 4.69) is 10.6 Å². The third-order valence-electron chi connectivity index (χ3n) is 1.73. The van der Waals surface area contributed by atoms with Crippen molar-refractivity contribution in [2.24, 2.45) is 0 Å². The Morgan fingerprint density at radius 3 is 2.42 bits per heavy atom. The highest BCUT2D eigenvalue weighted by Gasteiger charge is 2.17. The molecule has 1 fully saturated rings. The van der Waals surface area contributed by atoms with Gasteiger partial charge in [-0.2, -0.15) is 0 Å². The van der Waals surface area contributed by atoms with Crippen LogP contribution in [0, 0.1) is 0 Å². The van der Waals surface area contributed by atoms with Gasteiger partial charge in [0.05, 0.1) is 12.8 Å². The lowest BCUT2D eigenvalue weighted by atomic mass is 10.3.